The number of fused-ring (bicyclic) bond motifs is 28. The number of rotatable bonds is 5. The molecule has 117 heavy (non-hydrogen) atoms. The molecule has 0 aliphatic carbocycles. The number of aromatic amines is 1. The van der Waals surface area contributed by atoms with Gasteiger partial charge in [0, 0.05) is 117 Å². The molecule has 2 unspecified atom stereocenters. The van der Waals surface area contributed by atoms with Crippen LogP contribution in [0.15, 0.2) is 388 Å². The lowest BCUT2D eigenvalue weighted by Crippen LogP contribution is -2.37. The highest BCUT2D eigenvalue weighted by molar-refractivity contribution is 6.29. The van der Waals surface area contributed by atoms with Gasteiger partial charge in [-0.1, -0.05) is 315 Å². The zero-order valence-corrected chi connectivity index (χ0v) is 63.5. The van der Waals surface area contributed by atoms with Crippen LogP contribution in [0.1, 0.15) is 44.5 Å². The summed E-state index contributed by atoms with van der Waals surface area (Å²) >= 11 is 6.10. The lowest BCUT2D eigenvalue weighted by Gasteiger charge is -2.45. The number of nitrogens with one attached hydrogen (secondary N) is 1. The van der Waals surface area contributed by atoms with E-state index in [9.17, 15) is 0 Å². The molecule has 0 fully saturated rings. The van der Waals surface area contributed by atoms with Crippen molar-refractivity contribution in [1.29, 1.82) is 0 Å². The Labute approximate surface area is 676 Å². The molecule has 6 aromatic heterocycles. The second-order valence-electron chi connectivity index (χ2n) is 30.4. The van der Waals surface area contributed by atoms with Crippen LogP contribution in [0, 0.1) is 0 Å². The standard InChI is InChI=1S/C53H32N4O.C37H22N2O.C16H11ClN2/c1-3-16-33(17-4-1)43-31-50(55-52(54-43)34-18-5-2-6-19-34)56-44-26-11-8-21-36(44)38-30-42-49(32-47(38)56)58-48-29-14-10-24-40(48)53(42)39-23-9-13-28-46(39)57-45-27-12-7-20-35(45)37-22-15-25-41(53)51(37)57;1-5-16-30-22(10-1)25-20-29-35(21-31(25)38-30)40-34-19-8-4-14-27(34)37(29)26-13-3-7-18-33(26)39-32-17-6-2-11-23(32)24-12-9-15-28(37)36(24)39;17-15-11-14(12-7-3-1-4-8-12)18-16(19-15)13-9-5-2-6-10-13/h1-32H;1-21,38H;1-11H. The number of H-pyrrole nitrogens is 1. The number of para-hydroxylation sites is 10. The Morgan fingerprint density at radius 1 is 0.248 bits per heavy atom. The van der Waals surface area contributed by atoms with Gasteiger partial charge in [-0.3, -0.25) is 4.57 Å². The van der Waals surface area contributed by atoms with Crippen LogP contribution in [0.2, 0.25) is 5.15 Å². The van der Waals surface area contributed by atoms with Crippen molar-refractivity contribution in [1.82, 2.24) is 38.6 Å². The van der Waals surface area contributed by atoms with E-state index in [0.717, 1.165) is 106 Å². The van der Waals surface area contributed by atoms with Crippen LogP contribution in [0.5, 0.6) is 23.0 Å². The number of hydrogen-bond acceptors (Lipinski definition) is 6. The molecule has 0 saturated heterocycles. The van der Waals surface area contributed by atoms with Crippen LogP contribution in [-0.2, 0) is 10.8 Å². The maximum atomic E-state index is 7.09. The summed E-state index contributed by atoms with van der Waals surface area (Å²) in [4.78, 5) is 22.9. The van der Waals surface area contributed by atoms with Crippen LogP contribution in [0.25, 0.3) is 150 Å². The number of hydrogen-bond donors (Lipinski definition) is 1. The normalized spacial score (nSPS) is 14.9. The summed E-state index contributed by atoms with van der Waals surface area (Å²) in [5.41, 5.74) is 25.8. The topological polar surface area (TPSA) is 101 Å². The van der Waals surface area contributed by atoms with Crippen molar-refractivity contribution in [2.45, 2.75) is 10.8 Å². The quantitative estimate of drug-likeness (QED) is 0.172. The van der Waals surface area contributed by atoms with Gasteiger partial charge in [-0.15, -0.1) is 0 Å². The average Bonchev–Trinajstić information content (AvgIpc) is 1.62. The highest BCUT2D eigenvalue weighted by Gasteiger charge is 2.53. The van der Waals surface area contributed by atoms with Gasteiger partial charge in [0.05, 0.1) is 72.2 Å². The van der Waals surface area contributed by atoms with E-state index in [1.54, 1.807) is 6.07 Å². The van der Waals surface area contributed by atoms with E-state index in [4.69, 9.17) is 31.0 Å². The van der Waals surface area contributed by atoms with Crippen molar-refractivity contribution in [3.63, 3.8) is 0 Å². The van der Waals surface area contributed by atoms with Gasteiger partial charge in [-0.2, -0.15) is 0 Å². The molecular formula is C106H65ClN8O2. The van der Waals surface area contributed by atoms with Gasteiger partial charge in [0.25, 0.3) is 0 Å². The first-order chi connectivity index (χ1) is 57.9. The molecule has 2 atom stereocenters. The third-order valence-electron chi connectivity index (χ3n) is 24.3. The Balaban J connectivity index is 0.000000114. The molecule has 0 amide bonds. The van der Waals surface area contributed by atoms with E-state index in [2.05, 4.69) is 326 Å². The summed E-state index contributed by atoms with van der Waals surface area (Å²) in [5.74, 6) is 5.60. The molecule has 11 heteroatoms. The van der Waals surface area contributed by atoms with Gasteiger partial charge in [0.2, 0.25) is 0 Å². The maximum absolute atomic E-state index is 7.09. The third kappa shape index (κ3) is 9.80. The second-order valence-corrected chi connectivity index (χ2v) is 30.8. The summed E-state index contributed by atoms with van der Waals surface area (Å²) in [7, 11) is 0. The molecule has 22 aromatic rings. The van der Waals surface area contributed by atoms with Crippen molar-refractivity contribution in [3.05, 3.63) is 438 Å². The van der Waals surface area contributed by atoms with E-state index in [1.165, 1.54) is 99.1 Å². The summed E-state index contributed by atoms with van der Waals surface area (Å²) in [6.45, 7) is 0. The minimum absolute atomic E-state index is 0.452. The first-order valence-corrected chi connectivity index (χ1v) is 39.9. The Bertz CT molecular complexity index is 7750. The first-order valence-electron chi connectivity index (χ1n) is 39.5. The molecular weight excluding hydrogens is 1450 g/mol. The van der Waals surface area contributed by atoms with Crippen LogP contribution < -0.4 is 9.47 Å². The van der Waals surface area contributed by atoms with Gasteiger partial charge in [-0.05, 0) is 82.9 Å². The number of aromatic nitrogens is 8. The molecule has 0 bridgehead atoms. The van der Waals surface area contributed by atoms with Gasteiger partial charge in [-0.25, -0.2) is 19.9 Å². The van der Waals surface area contributed by atoms with Crippen molar-refractivity contribution in [3.8, 4) is 85.5 Å². The van der Waals surface area contributed by atoms with E-state index < -0.39 is 10.8 Å². The van der Waals surface area contributed by atoms with Crippen LogP contribution >= 0.6 is 11.6 Å². The van der Waals surface area contributed by atoms with E-state index in [0.29, 0.717) is 16.8 Å². The number of nitrogens with zero attached hydrogens (tertiary/aromatic N) is 7. The molecule has 4 aliphatic rings. The van der Waals surface area contributed by atoms with Crippen molar-refractivity contribution in [2.24, 2.45) is 0 Å². The largest absolute Gasteiger partial charge is 0.457 e. The molecule has 548 valence electrons. The van der Waals surface area contributed by atoms with Gasteiger partial charge in [0.1, 0.15) is 34.0 Å². The third-order valence-corrected chi connectivity index (χ3v) is 24.5. The molecule has 16 aromatic carbocycles. The molecule has 0 saturated carbocycles. The van der Waals surface area contributed by atoms with E-state index in [1.807, 2.05) is 84.9 Å². The van der Waals surface area contributed by atoms with Crippen molar-refractivity contribution >= 4 is 98.8 Å². The van der Waals surface area contributed by atoms with Crippen molar-refractivity contribution < 1.29 is 9.47 Å². The van der Waals surface area contributed by atoms with Crippen LogP contribution in [0.4, 0.5) is 0 Å². The molecule has 26 rings (SSSR count). The average molecular weight is 1520 g/mol. The summed E-state index contributed by atoms with van der Waals surface area (Å²) in [5, 5.41) is 10.2. The SMILES string of the molecule is Clc1cc(-c2ccccc2)nc(-c2ccccc2)n1.c1ccc(-c2cc(-n3c4ccccc4c4cc5c(cc43)Oc3ccccc3C53c4ccccc4-n4c5ccccc5c5cccc3c54)nc(-c3ccccc3)n2)cc1.c1ccc2c(c1)Oc1cc3[nH]c4ccccc4c3cc1C21c2ccccc2-n2c3ccccc3c3cccc1c32. The Morgan fingerprint density at radius 3 is 1.18 bits per heavy atom. The predicted octanol–water partition coefficient (Wildman–Crippen LogP) is 26.5. The molecule has 10 heterocycles. The number of halogens is 1. The minimum Gasteiger partial charge on any atom is -0.457 e. The fourth-order valence-corrected chi connectivity index (χ4v) is 19.8. The monoisotopic (exact) mass is 1520 g/mol. The first kappa shape index (κ1) is 66.4. The van der Waals surface area contributed by atoms with Crippen LogP contribution in [-0.4, -0.2) is 38.6 Å². The van der Waals surface area contributed by atoms with Gasteiger partial charge in [0.15, 0.2) is 11.6 Å². The highest BCUT2D eigenvalue weighted by Crippen LogP contribution is 2.64. The number of ether oxygens (including phenoxy) is 2. The zero-order valence-electron chi connectivity index (χ0n) is 62.8. The van der Waals surface area contributed by atoms with Crippen molar-refractivity contribution in [2.75, 3.05) is 0 Å². The van der Waals surface area contributed by atoms with E-state index in [-0.39, 0.29) is 0 Å². The fraction of sp³-hybridized carbons (Fsp3) is 0.0189. The molecule has 4 aliphatic heterocycles. The maximum Gasteiger partial charge on any atom is 0.162 e. The Kier molecular flexibility index (Phi) is 14.7. The highest BCUT2D eigenvalue weighted by atomic mass is 35.5. The fourth-order valence-electron chi connectivity index (χ4n) is 19.6. The predicted molar refractivity (Wildman–Crippen MR) is 474 cm³/mol. The number of benzene rings is 16. The lowest BCUT2D eigenvalue weighted by molar-refractivity contribution is 0.434. The van der Waals surface area contributed by atoms with Crippen LogP contribution in [0.3, 0.4) is 0 Å². The molecule has 10 nitrogen and oxygen atoms in total. The second kappa shape index (κ2) is 25.9. The minimum atomic E-state index is -0.669. The van der Waals surface area contributed by atoms with Gasteiger partial charge < -0.3 is 23.6 Å². The summed E-state index contributed by atoms with van der Waals surface area (Å²) in [6.07, 6.45) is 0. The summed E-state index contributed by atoms with van der Waals surface area (Å²) < 4.78 is 21.1. The Hall–Kier alpha value is -15.2. The zero-order chi connectivity index (χ0) is 77.0. The smallest absolute Gasteiger partial charge is 0.162 e. The summed E-state index contributed by atoms with van der Waals surface area (Å²) in [6, 6.07) is 137. The van der Waals surface area contributed by atoms with E-state index >= 15 is 0 Å². The molecule has 2 spiro atoms. The Morgan fingerprint density at radius 2 is 0.641 bits per heavy atom. The molecule has 1 N–H and O–H groups in total. The molecule has 0 radical (unpaired) electrons. The van der Waals surface area contributed by atoms with Gasteiger partial charge >= 0.3 is 0 Å². The lowest BCUT2D eigenvalue weighted by atomic mass is 9.61.